The summed E-state index contributed by atoms with van der Waals surface area (Å²) in [6.07, 6.45) is 6.19. The van der Waals surface area contributed by atoms with Gasteiger partial charge in [0, 0.05) is 0 Å². The average molecular weight is 341 g/mol. The first-order chi connectivity index (χ1) is 9.71. The van der Waals surface area contributed by atoms with Crippen molar-refractivity contribution in [1.82, 2.24) is 0 Å². The molecule has 2 aromatic rings. The van der Waals surface area contributed by atoms with Gasteiger partial charge in [-0.3, -0.25) is 0 Å². The van der Waals surface area contributed by atoms with E-state index in [1.165, 1.54) is 27.1 Å². The van der Waals surface area contributed by atoms with Crippen molar-refractivity contribution >= 4 is 43.4 Å². The molecule has 98 valence electrons. The first-order valence-corrected chi connectivity index (χ1v) is 10.5. The number of allylic oxidation sites excluding steroid dienone is 2. The van der Waals surface area contributed by atoms with Crippen molar-refractivity contribution in [1.29, 1.82) is 0 Å². The van der Waals surface area contributed by atoms with Crippen molar-refractivity contribution in [2.45, 2.75) is 0 Å². The van der Waals surface area contributed by atoms with Gasteiger partial charge in [-0.05, 0) is 0 Å². The Morgan fingerprint density at radius 2 is 1.50 bits per heavy atom. The molecule has 0 aliphatic carbocycles. The van der Waals surface area contributed by atoms with Crippen molar-refractivity contribution < 1.29 is 0 Å². The molecule has 1 aliphatic rings. The molecular weight excluding hydrogens is 326 g/mol. The second kappa shape index (κ2) is 5.18. The Kier molecular flexibility index (Phi) is 3.52. The van der Waals surface area contributed by atoms with E-state index >= 15 is 0 Å². The molecule has 1 atom stereocenters. The molecule has 1 heterocycles. The average Bonchev–Trinajstić information content (AvgIpc) is 2.81. The second-order valence-electron chi connectivity index (χ2n) is 4.70. The van der Waals surface area contributed by atoms with Crippen LogP contribution in [0.25, 0.3) is 12.2 Å². The molecule has 0 nitrogen and oxygen atoms in total. The summed E-state index contributed by atoms with van der Waals surface area (Å²) in [5, 5.41) is 4.03. The summed E-state index contributed by atoms with van der Waals surface area (Å²) in [5.74, 6) is 0. The third-order valence-corrected chi connectivity index (χ3v) is 10.7. The molecule has 2 heteroatoms. The summed E-state index contributed by atoms with van der Waals surface area (Å²) < 4.78 is 0. The molecule has 0 aromatic heterocycles. The van der Waals surface area contributed by atoms with Crippen molar-refractivity contribution in [2.24, 2.45) is 0 Å². The van der Waals surface area contributed by atoms with Gasteiger partial charge in [0.05, 0.1) is 0 Å². The number of rotatable bonds is 3. The molecule has 0 fully saturated rings. The van der Waals surface area contributed by atoms with Crippen LogP contribution in [0.5, 0.6) is 0 Å². The van der Waals surface area contributed by atoms with Gasteiger partial charge in [0.15, 0.2) is 0 Å². The van der Waals surface area contributed by atoms with E-state index in [2.05, 4.69) is 82.9 Å². The van der Waals surface area contributed by atoms with Crippen LogP contribution < -0.4 is 10.6 Å². The molecule has 0 saturated heterocycles. The van der Waals surface area contributed by atoms with Gasteiger partial charge in [0.2, 0.25) is 0 Å². The number of hydrogen-bond donors (Lipinski definition) is 0. The molecule has 0 radical (unpaired) electrons. The van der Waals surface area contributed by atoms with Gasteiger partial charge in [0.25, 0.3) is 0 Å². The zero-order chi connectivity index (χ0) is 14.2. The van der Waals surface area contributed by atoms with Crippen molar-refractivity contribution in [3.05, 3.63) is 84.2 Å². The normalized spacial score (nSPS) is 20.1. The number of benzene rings is 2. The van der Waals surface area contributed by atoms with E-state index < -0.39 is 5.51 Å². The number of hydrogen-bond acceptors (Lipinski definition) is 0. The molecule has 1 unspecified atom stereocenters. The minimum absolute atomic E-state index is 1.20. The van der Waals surface area contributed by atoms with Crippen LogP contribution in [0.3, 0.4) is 0 Å². The van der Waals surface area contributed by atoms with Crippen molar-refractivity contribution in [3.8, 4) is 0 Å². The predicted molar refractivity (Wildman–Crippen MR) is 93.1 cm³/mol. The van der Waals surface area contributed by atoms with E-state index in [0.717, 1.165) is 0 Å². The molecule has 20 heavy (non-hydrogen) atoms. The fraction of sp³-hybridized carbons (Fsp3) is 0. The van der Waals surface area contributed by atoms with Gasteiger partial charge in [-0.15, -0.1) is 0 Å². The fourth-order valence-electron chi connectivity index (χ4n) is 2.69. The first kappa shape index (κ1) is 13.6. The molecule has 0 N–H and O–H groups in total. The second-order valence-corrected chi connectivity index (χ2v) is 10.9. The third kappa shape index (κ3) is 1.86. The molecule has 0 saturated carbocycles. The Morgan fingerprint density at radius 3 is 2.20 bits per heavy atom. The van der Waals surface area contributed by atoms with Crippen LogP contribution in [-0.2, 0) is 0 Å². The summed E-state index contributed by atoms with van der Waals surface area (Å²) in [6.45, 7) is 7.98. The Labute approximate surface area is 127 Å². The standard InChI is InChI=1S/C18H15PSe/c1-3-14-9-5-7-11-17(14)19(20)16(4-2)13-15-10-6-8-12-18(15)19/h3-13H,1-2H2. The van der Waals surface area contributed by atoms with E-state index in [-0.39, 0.29) is 0 Å². The molecule has 3 rings (SSSR count). The summed E-state index contributed by atoms with van der Waals surface area (Å²) in [5.41, 5.74) is 0.818. The maximum absolute atomic E-state index is 4.02. The van der Waals surface area contributed by atoms with Crippen LogP contribution in [-0.4, -0.2) is 15.1 Å². The van der Waals surface area contributed by atoms with Crippen LogP contribution in [0.4, 0.5) is 0 Å². The molecule has 1 aliphatic heterocycles. The van der Waals surface area contributed by atoms with Crippen molar-refractivity contribution in [3.63, 3.8) is 0 Å². The molecule has 0 spiro atoms. The summed E-state index contributed by atoms with van der Waals surface area (Å²) in [7, 11) is 0. The SMILES string of the molecule is C=CC1=Cc2ccccc2P1(=[Se])c1ccccc1C=C. The van der Waals surface area contributed by atoms with Crippen LogP contribution >= 0.6 is 5.51 Å². The Hall–Kier alpha value is -1.39. The Morgan fingerprint density at radius 1 is 0.850 bits per heavy atom. The van der Waals surface area contributed by atoms with Gasteiger partial charge < -0.3 is 0 Å². The molecule has 0 bridgehead atoms. The van der Waals surface area contributed by atoms with E-state index in [1.807, 2.05) is 12.2 Å². The van der Waals surface area contributed by atoms with Crippen LogP contribution in [0.1, 0.15) is 11.1 Å². The van der Waals surface area contributed by atoms with Crippen LogP contribution in [0.15, 0.2) is 73.1 Å². The summed E-state index contributed by atoms with van der Waals surface area (Å²) in [6, 6.07) is 17.1. The number of fused-ring (bicyclic) bond motifs is 1. The molecule has 2 aromatic carbocycles. The monoisotopic (exact) mass is 342 g/mol. The topological polar surface area (TPSA) is 0 Å². The van der Waals surface area contributed by atoms with E-state index in [0.29, 0.717) is 0 Å². The van der Waals surface area contributed by atoms with Crippen LogP contribution in [0, 0.1) is 0 Å². The van der Waals surface area contributed by atoms with E-state index in [9.17, 15) is 0 Å². The molecule has 0 amide bonds. The van der Waals surface area contributed by atoms with Gasteiger partial charge in [-0.25, -0.2) is 0 Å². The van der Waals surface area contributed by atoms with Crippen molar-refractivity contribution in [2.75, 3.05) is 0 Å². The maximum atomic E-state index is 4.02. The first-order valence-electron chi connectivity index (χ1n) is 6.48. The van der Waals surface area contributed by atoms with Gasteiger partial charge in [0.1, 0.15) is 0 Å². The summed E-state index contributed by atoms with van der Waals surface area (Å²) in [4.78, 5) is 0. The fourth-order valence-corrected chi connectivity index (χ4v) is 8.60. The van der Waals surface area contributed by atoms with Gasteiger partial charge >= 0.3 is 128 Å². The zero-order valence-electron chi connectivity index (χ0n) is 11.1. The zero-order valence-corrected chi connectivity index (χ0v) is 13.7. The molecular formula is C18H15PSe. The van der Waals surface area contributed by atoms with E-state index in [4.69, 9.17) is 0 Å². The Balaban J connectivity index is 2.36. The minimum atomic E-state index is -1.68. The van der Waals surface area contributed by atoms with Gasteiger partial charge in [-0.2, -0.15) is 0 Å². The summed E-state index contributed by atoms with van der Waals surface area (Å²) >= 11 is 3.52. The quantitative estimate of drug-likeness (QED) is 0.586. The van der Waals surface area contributed by atoms with E-state index in [1.54, 1.807) is 0 Å². The predicted octanol–water partition coefficient (Wildman–Crippen LogP) is 3.92. The van der Waals surface area contributed by atoms with Crippen LogP contribution in [0.2, 0.25) is 0 Å². The Bertz CT molecular complexity index is 784. The third-order valence-electron chi connectivity index (χ3n) is 3.65. The van der Waals surface area contributed by atoms with Gasteiger partial charge in [-0.1, -0.05) is 0 Å².